The highest BCUT2D eigenvalue weighted by Gasteiger charge is 2.25. The van der Waals surface area contributed by atoms with Crippen molar-refractivity contribution in [3.05, 3.63) is 66.4 Å². The minimum atomic E-state index is -3.77. The molecule has 0 amide bonds. The molecule has 0 aliphatic rings. The lowest BCUT2D eigenvalue weighted by atomic mass is 10.1. The number of hydrogen-bond acceptors (Lipinski definition) is 4. The number of carboxylic acid groups (broad SMARTS) is 1. The van der Waals surface area contributed by atoms with Gasteiger partial charge in [-0.15, -0.1) is 0 Å². The quantitative estimate of drug-likeness (QED) is 0.787. The van der Waals surface area contributed by atoms with Crippen LogP contribution in [-0.2, 0) is 10.0 Å². The van der Waals surface area contributed by atoms with Gasteiger partial charge >= 0.3 is 5.97 Å². The SMILES string of the molecule is CS(=O)(=O)N(c1cnc2ccccc2c1)c1ccccc1C(=O)O. The van der Waals surface area contributed by atoms with Crippen LogP contribution >= 0.6 is 0 Å². The van der Waals surface area contributed by atoms with Gasteiger partial charge in [-0.3, -0.25) is 4.98 Å². The Morgan fingerprint density at radius 2 is 1.75 bits per heavy atom. The third-order valence-corrected chi connectivity index (χ3v) is 4.57. The topological polar surface area (TPSA) is 87.6 Å². The molecule has 0 bridgehead atoms. The number of para-hydroxylation sites is 2. The first-order chi connectivity index (χ1) is 11.4. The maximum absolute atomic E-state index is 12.3. The van der Waals surface area contributed by atoms with E-state index >= 15 is 0 Å². The first-order valence-corrected chi connectivity index (χ1v) is 8.90. The van der Waals surface area contributed by atoms with Crippen molar-refractivity contribution in [3.63, 3.8) is 0 Å². The number of nitrogens with zero attached hydrogens (tertiary/aromatic N) is 2. The molecule has 0 radical (unpaired) electrons. The molecule has 122 valence electrons. The molecule has 24 heavy (non-hydrogen) atoms. The van der Waals surface area contributed by atoms with E-state index in [2.05, 4.69) is 4.98 Å². The lowest BCUT2D eigenvalue weighted by Crippen LogP contribution is -2.26. The molecule has 1 aromatic heterocycles. The number of carboxylic acids is 1. The van der Waals surface area contributed by atoms with E-state index in [1.165, 1.54) is 18.3 Å². The molecule has 3 aromatic rings. The maximum Gasteiger partial charge on any atom is 0.337 e. The zero-order valence-electron chi connectivity index (χ0n) is 12.7. The van der Waals surface area contributed by atoms with Gasteiger partial charge in [0, 0.05) is 5.39 Å². The summed E-state index contributed by atoms with van der Waals surface area (Å²) in [6.45, 7) is 0. The van der Waals surface area contributed by atoms with Crippen molar-refractivity contribution in [2.45, 2.75) is 0 Å². The van der Waals surface area contributed by atoms with Crippen LogP contribution < -0.4 is 4.31 Å². The van der Waals surface area contributed by atoms with Crippen molar-refractivity contribution in [2.24, 2.45) is 0 Å². The number of aromatic carboxylic acids is 1. The van der Waals surface area contributed by atoms with Crippen LogP contribution in [0.5, 0.6) is 0 Å². The van der Waals surface area contributed by atoms with E-state index in [-0.39, 0.29) is 16.9 Å². The molecule has 0 saturated carbocycles. The van der Waals surface area contributed by atoms with Crippen LogP contribution in [0.1, 0.15) is 10.4 Å². The van der Waals surface area contributed by atoms with E-state index in [0.717, 1.165) is 21.5 Å². The number of benzene rings is 2. The molecule has 2 aromatic carbocycles. The van der Waals surface area contributed by atoms with Crippen LogP contribution in [0.3, 0.4) is 0 Å². The largest absolute Gasteiger partial charge is 0.478 e. The summed E-state index contributed by atoms with van der Waals surface area (Å²) in [4.78, 5) is 15.7. The van der Waals surface area contributed by atoms with Crippen LogP contribution in [-0.4, -0.2) is 30.7 Å². The molecule has 0 saturated heterocycles. The molecule has 0 atom stereocenters. The lowest BCUT2D eigenvalue weighted by Gasteiger charge is -2.24. The Labute approximate surface area is 139 Å². The molecule has 0 spiro atoms. The highest BCUT2D eigenvalue weighted by Crippen LogP contribution is 2.32. The summed E-state index contributed by atoms with van der Waals surface area (Å²) in [5.41, 5.74) is 0.979. The van der Waals surface area contributed by atoms with Crippen molar-refractivity contribution in [1.82, 2.24) is 4.98 Å². The first-order valence-electron chi connectivity index (χ1n) is 7.05. The van der Waals surface area contributed by atoms with Crippen LogP contribution in [0.15, 0.2) is 60.8 Å². The highest BCUT2D eigenvalue weighted by molar-refractivity contribution is 7.92. The molecule has 0 fully saturated rings. The monoisotopic (exact) mass is 342 g/mol. The van der Waals surface area contributed by atoms with E-state index in [9.17, 15) is 18.3 Å². The zero-order valence-corrected chi connectivity index (χ0v) is 13.6. The Bertz CT molecular complexity index is 1030. The highest BCUT2D eigenvalue weighted by atomic mass is 32.2. The predicted molar refractivity (Wildman–Crippen MR) is 92.1 cm³/mol. The number of fused-ring (bicyclic) bond motifs is 1. The van der Waals surface area contributed by atoms with Crippen molar-refractivity contribution >= 4 is 38.3 Å². The summed E-state index contributed by atoms with van der Waals surface area (Å²) in [7, 11) is -3.77. The number of aromatic nitrogens is 1. The molecule has 0 aliphatic carbocycles. The standard InChI is InChI=1S/C17H14N2O4S/c1-24(22,23)19(16-9-5-3-7-14(16)17(20)21)13-10-12-6-2-4-8-15(12)18-11-13/h2-11H,1H3,(H,20,21). The van der Waals surface area contributed by atoms with Gasteiger partial charge in [0.2, 0.25) is 10.0 Å². The Hall–Kier alpha value is -2.93. The van der Waals surface area contributed by atoms with Crippen molar-refractivity contribution in [1.29, 1.82) is 0 Å². The summed E-state index contributed by atoms with van der Waals surface area (Å²) in [5.74, 6) is -1.20. The summed E-state index contributed by atoms with van der Waals surface area (Å²) in [6.07, 6.45) is 2.45. The average Bonchev–Trinajstić information content (AvgIpc) is 2.54. The fourth-order valence-corrected chi connectivity index (χ4v) is 3.51. The van der Waals surface area contributed by atoms with Gasteiger partial charge in [0.25, 0.3) is 0 Å². The zero-order chi connectivity index (χ0) is 17.3. The lowest BCUT2D eigenvalue weighted by molar-refractivity contribution is 0.0698. The van der Waals surface area contributed by atoms with Gasteiger partial charge in [-0.1, -0.05) is 30.3 Å². The number of rotatable bonds is 4. The minimum absolute atomic E-state index is 0.0737. The van der Waals surface area contributed by atoms with E-state index in [1.807, 2.05) is 24.3 Å². The van der Waals surface area contributed by atoms with Gasteiger partial charge < -0.3 is 5.11 Å². The van der Waals surface area contributed by atoms with Crippen LogP contribution in [0.25, 0.3) is 10.9 Å². The molecule has 6 nitrogen and oxygen atoms in total. The summed E-state index contributed by atoms with van der Waals surface area (Å²) < 4.78 is 25.7. The van der Waals surface area contributed by atoms with Crippen molar-refractivity contribution < 1.29 is 18.3 Å². The second kappa shape index (κ2) is 5.93. The Morgan fingerprint density at radius 3 is 2.46 bits per heavy atom. The van der Waals surface area contributed by atoms with Gasteiger partial charge in [-0.2, -0.15) is 0 Å². The summed E-state index contributed by atoms with van der Waals surface area (Å²) >= 11 is 0. The molecule has 1 N–H and O–H groups in total. The van der Waals surface area contributed by atoms with Gasteiger partial charge in [0.1, 0.15) is 0 Å². The minimum Gasteiger partial charge on any atom is -0.478 e. The second-order valence-electron chi connectivity index (χ2n) is 5.24. The number of anilines is 2. The third kappa shape index (κ3) is 2.93. The van der Waals surface area contributed by atoms with Gasteiger partial charge in [-0.25, -0.2) is 17.5 Å². The normalized spacial score (nSPS) is 11.4. The number of sulfonamides is 1. The van der Waals surface area contributed by atoms with Crippen LogP contribution in [0.4, 0.5) is 11.4 Å². The van der Waals surface area contributed by atoms with E-state index in [4.69, 9.17) is 0 Å². The smallest absolute Gasteiger partial charge is 0.337 e. The van der Waals surface area contributed by atoms with Crippen LogP contribution in [0, 0.1) is 0 Å². The van der Waals surface area contributed by atoms with Gasteiger partial charge in [0.05, 0.1) is 34.9 Å². The average molecular weight is 342 g/mol. The Balaban J connectivity index is 2.26. The van der Waals surface area contributed by atoms with E-state index in [0.29, 0.717) is 0 Å². The Morgan fingerprint density at radius 1 is 1.08 bits per heavy atom. The van der Waals surface area contributed by atoms with E-state index < -0.39 is 16.0 Å². The van der Waals surface area contributed by atoms with Crippen molar-refractivity contribution in [2.75, 3.05) is 10.6 Å². The Kier molecular flexibility index (Phi) is 3.94. The van der Waals surface area contributed by atoms with E-state index in [1.54, 1.807) is 18.2 Å². The maximum atomic E-state index is 12.3. The molecule has 0 aliphatic heterocycles. The van der Waals surface area contributed by atoms with Gasteiger partial charge in [-0.05, 0) is 24.3 Å². The molecular formula is C17H14N2O4S. The predicted octanol–water partition coefficient (Wildman–Crippen LogP) is 3.03. The number of hydrogen-bond donors (Lipinski definition) is 1. The molecule has 3 rings (SSSR count). The second-order valence-corrected chi connectivity index (χ2v) is 7.07. The van der Waals surface area contributed by atoms with Crippen molar-refractivity contribution in [3.8, 4) is 0 Å². The fraction of sp³-hybridized carbons (Fsp3) is 0.0588. The first kappa shape index (κ1) is 15.9. The summed E-state index contributed by atoms with van der Waals surface area (Å²) in [6, 6.07) is 14.9. The summed E-state index contributed by atoms with van der Waals surface area (Å²) in [5, 5.41) is 10.1. The third-order valence-electron chi connectivity index (χ3n) is 3.50. The molecule has 0 unspecified atom stereocenters. The van der Waals surface area contributed by atoms with Crippen LogP contribution in [0.2, 0.25) is 0 Å². The molecule has 7 heteroatoms. The molecular weight excluding hydrogens is 328 g/mol. The van der Waals surface area contributed by atoms with Gasteiger partial charge in [0.15, 0.2) is 0 Å². The fourth-order valence-electron chi connectivity index (χ4n) is 2.51. The number of pyridine rings is 1. The molecule has 1 heterocycles. The number of carbonyl (C=O) groups is 1.